The molecule has 11 heteroatoms. The number of alkyl halides is 3. The molecule has 29 heavy (non-hydrogen) atoms. The fourth-order valence-electron chi connectivity index (χ4n) is 3.32. The Kier molecular flexibility index (Phi) is 6.08. The Morgan fingerprint density at radius 3 is 2.41 bits per heavy atom. The summed E-state index contributed by atoms with van der Waals surface area (Å²) in [5.41, 5.74) is -1.32. The summed E-state index contributed by atoms with van der Waals surface area (Å²) in [6.07, 6.45) is 0.357. The second-order valence-electron chi connectivity index (χ2n) is 7.23. The number of hydrogen-bond donors (Lipinski definition) is 1. The Morgan fingerprint density at radius 2 is 1.83 bits per heavy atom. The molecular weight excluding hydrogens is 409 g/mol. The molecule has 1 fully saturated rings. The van der Waals surface area contributed by atoms with Crippen molar-refractivity contribution in [3.8, 4) is 11.4 Å². The van der Waals surface area contributed by atoms with E-state index < -0.39 is 27.1 Å². The number of nitrogens with zero attached hydrogens (tertiary/aromatic N) is 3. The first kappa shape index (κ1) is 21.4. The molecule has 3 rings (SSSR count). The van der Waals surface area contributed by atoms with E-state index in [1.807, 2.05) is 0 Å². The van der Waals surface area contributed by atoms with Crippen LogP contribution in [0.2, 0.25) is 0 Å². The smallest absolute Gasteiger partial charge is 0.381 e. The van der Waals surface area contributed by atoms with Crippen LogP contribution in [0.5, 0.6) is 0 Å². The number of nitrogens with one attached hydrogen (secondary N) is 1. The number of anilines is 1. The molecule has 0 amide bonds. The molecule has 158 valence electrons. The Labute approximate surface area is 166 Å². The molecule has 3 heterocycles. The molecule has 0 spiro atoms. The maximum Gasteiger partial charge on any atom is 0.433 e. The lowest BCUT2D eigenvalue weighted by Gasteiger charge is -2.36. The van der Waals surface area contributed by atoms with Crippen LogP contribution in [0.25, 0.3) is 11.4 Å². The highest BCUT2D eigenvalue weighted by Crippen LogP contribution is 2.34. The van der Waals surface area contributed by atoms with Gasteiger partial charge < -0.3 is 10.1 Å². The molecule has 1 aliphatic heterocycles. The van der Waals surface area contributed by atoms with Crippen molar-refractivity contribution in [2.24, 2.45) is 5.41 Å². The summed E-state index contributed by atoms with van der Waals surface area (Å²) in [7, 11) is -3.28. The summed E-state index contributed by atoms with van der Waals surface area (Å²) in [5, 5.41) is 2.91. The maximum absolute atomic E-state index is 13.3. The van der Waals surface area contributed by atoms with Gasteiger partial charge in [0, 0.05) is 55.5 Å². The van der Waals surface area contributed by atoms with E-state index in [-0.39, 0.29) is 23.9 Å². The lowest BCUT2D eigenvalue weighted by atomic mass is 9.82. The number of aromatic nitrogens is 3. The third-order valence-corrected chi connectivity index (χ3v) is 5.86. The van der Waals surface area contributed by atoms with Crippen molar-refractivity contribution in [2.75, 3.05) is 37.1 Å². The Morgan fingerprint density at radius 1 is 1.17 bits per heavy atom. The van der Waals surface area contributed by atoms with Crippen LogP contribution < -0.4 is 5.32 Å². The Balaban J connectivity index is 1.91. The van der Waals surface area contributed by atoms with E-state index in [0.717, 1.165) is 12.3 Å². The average molecular weight is 430 g/mol. The van der Waals surface area contributed by atoms with Crippen LogP contribution in [-0.2, 0) is 20.8 Å². The monoisotopic (exact) mass is 430 g/mol. The fourth-order valence-corrected chi connectivity index (χ4v) is 4.83. The quantitative estimate of drug-likeness (QED) is 0.753. The Bertz CT molecular complexity index is 947. The minimum absolute atomic E-state index is 0.0153. The predicted molar refractivity (Wildman–Crippen MR) is 101 cm³/mol. The third-order valence-electron chi connectivity index (χ3n) is 4.72. The van der Waals surface area contributed by atoms with Gasteiger partial charge in [-0.3, -0.25) is 4.98 Å². The fraction of sp³-hybridized carbons (Fsp3) is 0.500. The van der Waals surface area contributed by atoms with Gasteiger partial charge in [-0.1, -0.05) is 0 Å². The highest BCUT2D eigenvalue weighted by molar-refractivity contribution is 7.90. The zero-order chi connectivity index (χ0) is 21.1. The van der Waals surface area contributed by atoms with E-state index in [1.54, 1.807) is 0 Å². The van der Waals surface area contributed by atoms with Gasteiger partial charge in [0.2, 0.25) is 0 Å². The zero-order valence-electron chi connectivity index (χ0n) is 15.7. The number of hydrogen-bond acceptors (Lipinski definition) is 7. The van der Waals surface area contributed by atoms with Crippen molar-refractivity contribution < 1.29 is 26.3 Å². The first-order valence-corrected chi connectivity index (χ1v) is 11.0. The van der Waals surface area contributed by atoms with Crippen molar-refractivity contribution in [3.05, 3.63) is 36.3 Å². The molecule has 0 aromatic carbocycles. The van der Waals surface area contributed by atoms with Crippen molar-refractivity contribution in [1.29, 1.82) is 0 Å². The Hall–Kier alpha value is -2.27. The lowest BCUT2D eigenvalue weighted by Crippen LogP contribution is -2.41. The van der Waals surface area contributed by atoms with E-state index in [2.05, 4.69) is 20.3 Å². The molecule has 0 atom stereocenters. The van der Waals surface area contributed by atoms with E-state index in [1.165, 1.54) is 24.5 Å². The van der Waals surface area contributed by atoms with Gasteiger partial charge in [0.05, 0.1) is 5.75 Å². The van der Waals surface area contributed by atoms with Gasteiger partial charge in [0.15, 0.2) is 11.5 Å². The minimum Gasteiger partial charge on any atom is -0.381 e. The summed E-state index contributed by atoms with van der Waals surface area (Å²) >= 11 is 0. The van der Waals surface area contributed by atoms with Crippen LogP contribution in [-0.4, -0.2) is 55.1 Å². The first-order chi connectivity index (χ1) is 13.6. The summed E-state index contributed by atoms with van der Waals surface area (Å²) < 4.78 is 69.1. The summed E-state index contributed by atoms with van der Waals surface area (Å²) in [6, 6.07) is 3.87. The van der Waals surface area contributed by atoms with Gasteiger partial charge in [-0.05, 0) is 25.0 Å². The molecule has 0 unspecified atom stereocenters. The van der Waals surface area contributed by atoms with E-state index in [0.29, 0.717) is 31.6 Å². The van der Waals surface area contributed by atoms with Crippen LogP contribution in [0.3, 0.4) is 0 Å². The number of rotatable bonds is 6. The van der Waals surface area contributed by atoms with Crippen molar-refractivity contribution >= 4 is 15.7 Å². The molecular formula is C18H21F3N4O3S. The molecule has 0 aliphatic carbocycles. The predicted octanol–water partition coefficient (Wildman–Crippen LogP) is 2.81. The minimum atomic E-state index is -4.65. The van der Waals surface area contributed by atoms with Gasteiger partial charge in [-0.15, -0.1) is 0 Å². The number of halogens is 3. The molecule has 1 saturated heterocycles. The third kappa shape index (κ3) is 5.86. The molecule has 0 radical (unpaired) electrons. The molecule has 1 N–H and O–H groups in total. The zero-order valence-corrected chi connectivity index (χ0v) is 16.6. The SMILES string of the molecule is CS(=O)(=O)CC1(CNc2cc(C(F)(F)F)nc(-c3ccncc3)n2)CCOCC1. The van der Waals surface area contributed by atoms with Gasteiger partial charge in [0.1, 0.15) is 15.7 Å². The normalized spacial score (nSPS) is 17.1. The van der Waals surface area contributed by atoms with Crippen LogP contribution in [0.4, 0.5) is 19.0 Å². The second kappa shape index (κ2) is 8.23. The summed E-state index contributed by atoms with van der Waals surface area (Å²) in [6.45, 7) is 0.960. The van der Waals surface area contributed by atoms with E-state index in [9.17, 15) is 21.6 Å². The molecule has 0 bridgehead atoms. The topological polar surface area (TPSA) is 94.1 Å². The molecule has 0 saturated carbocycles. The summed E-state index contributed by atoms with van der Waals surface area (Å²) in [5.74, 6) is -0.183. The van der Waals surface area contributed by atoms with Crippen molar-refractivity contribution in [1.82, 2.24) is 15.0 Å². The van der Waals surface area contributed by atoms with Crippen molar-refractivity contribution in [3.63, 3.8) is 0 Å². The van der Waals surface area contributed by atoms with Crippen LogP contribution in [0, 0.1) is 5.41 Å². The van der Waals surface area contributed by atoms with Crippen LogP contribution in [0.1, 0.15) is 18.5 Å². The second-order valence-corrected chi connectivity index (χ2v) is 9.37. The van der Waals surface area contributed by atoms with Gasteiger partial charge in [0.25, 0.3) is 0 Å². The molecule has 2 aromatic heterocycles. The standard InChI is InChI=1S/C18H21F3N4O3S/c1-29(26,27)12-17(4-8-28-9-5-17)11-23-15-10-14(18(19,20)21)24-16(25-15)13-2-6-22-7-3-13/h2-3,6-7,10H,4-5,8-9,11-12H2,1H3,(H,23,24,25). The van der Waals surface area contributed by atoms with Gasteiger partial charge in [-0.25, -0.2) is 18.4 Å². The largest absolute Gasteiger partial charge is 0.433 e. The van der Waals surface area contributed by atoms with Crippen LogP contribution in [0.15, 0.2) is 30.6 Å². The highest BCUT2D eigenvalue weighted by atomic mass is 32.2. The number of pyridine rings is 1. The summed E-state index contributed by atoms with van der Waals surface area (Å²) in [4.78, 5) is 11.7. The van der Waals surface area contributed by atoms with E-state index >= 15 is 0 Å². The van der Waals surface area contributed by atoms with Crippen molar-refractivity contribution in [2.45, 2.75) is 19.0 Å². The molecule has 2 aromatic rings. The first-order valence-electron chi connectivity index (χ1n) is 8.92. The molecule has 1 aliphatic rings. The maximum atomic E-state index is 13.3. The lowest BCUT2D eigenvalue weighted by molar-refractivity contribution is -0.141. The van der Waals surface area contributed by atoms with E-state index in [4.69, 9.17) is 4.74 Å². The molecule has 7 nitrogen and oxygen atoms in total. The number of sulfone groups is 1. The van der Waals surface area contributed by atoms with Gasteiger partial charge in [-0.2, -0.15) is 13.2 Å². The number of ether oxygens (including phenoxy) is 1. The average Bonchev–Trinajstić information content (AvgIpc) is 2.66. The van der Waals surface area contributed by atoms with Crippen LogP contribution >= 0.6 is 0 Å². The highest BCUT2D eigenvalue weighted by Gasteiger charge is 2.37. The van der Waals surface area contributed by atoms with Gasteiger partial charge >= 0.3 is 6.18 Å².